The monoisotopic (exact) mass is 186 g/mol. The Kier molecular flexibility index (Phi) is 3.32. The number of hydrogen-bond donors (Lipinski definition) is 0. The Balaban J connectivity index is 2.62. The highest BCUT2D eigenvalue weighted by Gasteiger charge is 2.12. The summed E-state index contributed by atoms with van der Waals surface area (Å²) in [6.45, 7) is 2.15. The van der Waals surface area contributed by atoms with E-state index in [0.29, 0.717) is 0 Å². The normalized spacial score (nSPS) is 10.0. The van der Waals surface area contributed by atoms with E-state index in [4.69, 9.17) is 4.74 Å². The van der Waals surface area contributed by atoms with Gasteiger partial charge in [0.05, 0.1) is 6.61 Å². The fraction of sp³-hybridized carbons (Fsp3) is 0.667. The SMILES string of the molecule is CCOC(=O)c1nnn(COC)n1. The number of carbonyl (C=O) groups is 1. The molecule has 0 aliphatic carbocycles. The van der Waals surface area contributed by atoms with Crippen LogP contribution in [0, 0.1) is 0 Å². The van der Waals surface area contributed by atoms with Crippen LogP contribution in [0.3, 0.4) is 0 Å². The highest BCUT2D eigenvalue weighted by Crippen LogP contribution is 1.90. The average Bonchev–Trinajstić information content (AvgIpc) is 2.54. The minimum Gasteiger partial charge on any atom is -0.460 e. The lowest BCUT2D eigenvalue weighted by Gasteiger charge is -1.94. The van der Waals surface area contributed by atoms with Crippen LogP contribution >= 0.6 is 0 Å². The Morgan fingerprint density at radius 1 is 1.62 bits per heavy atom. The second-order valence-electron chi connectivity index (χ2n) is 2.12. The van der Waals surface area contributed by atoms with Crippen LogP contribution in [0.2, 0.25) is 0 Å². The molecule has 0 bridgehead atoms. The molecule has 0 aliphatic rings. The predicted octanol–water partition coefficient (Wildman–Crippen LogP) is -0.546. The average molecular weight is 186 g/mol. The van der Waals surface area contributed by atoms with Crippen LogP contribution in [-0.4, -0.2) is 39.9 Å². The summed E-state index contributed by atoms with van der Waals surface area (Å²) in [6, 6.07) is 0. The van der Waals surface area contributed by atoms with Gasteiger partial charge in [-0.25, -0.2) is 4.79 Å². The first kappa shape index (κ1) is 9.59. The fourth-order valence-corrected chi connectivity index (χ4v) is 0.691. The molecule has 0 atom stereocenters. The van der Waals surface area contributed by atoms with Gasteiger partial charge in [0.15, 0.2) is 6.73 Å². The van der Waals surface area contributed by atoms with E-state index < -0.39 is 5.97 Å². The molecular weight excluding hydrogens is 176 g/mol. The van der Waals surface area contributed by atoms with E-state index >= 15 is 0 Å². The summed E-state index contributed by atoms with van der Waals surface area (Å²) < 4.78 is 9.39. The zero-order valence-corrected chi connectivity index (χ0v) is 7.43. The van der Waals surface area contributed by atoms with Gasteiger partial charge in [-0.1, -0.05) is 0 Å². The first-order valence-corrected chi connectivity index (χ1v) is 3.71. The van der Waals surface area contributed by atoms with Gasteiger partial charge >= 0.3 is 5.97 Å². The lowest BCUT2D eigenvalue weighted by molar-refractivity contribution is 0.0509. The Hall–Kier alpha value is -1.50. The minimum absolute atomic E-state index is 0.0566. The summed E-state index contributed by atoms with van der Waals surface area (Å²) in [7, 11) is 1.49. The molecule has 7 heteroatoms. The number of carbonyl (C=O) groups excluding carboxylic acids is 1. The van der Waals surface area contributed by atoms with E-state index in [2.05, 4.69) is 20.1 Å². The molecular formula is C6H10N4O3. The molecule has 0 unspecified atom stereocenters. The Morgan fingerprint density at radius 3 is 3.00 bits per heavy atom. The number of methoxy groups -OCH3 is 1. The molecule has 1 aromatic heterocycles. The van der Waals surface area contributed by atoms with E-state index in [1.54, 1.807) is 6.92 Å². The van der Waals surface area contributed by atoms with Crippen molar-refractivity contribution in [3.8, 4) is 0 Å². The Bertz CT molecular complexity index is 285. The Labute approximate surface area is 74.6 Å². The van der Waals surface area contributed by atoms with Crippen molar-refractivity contribution in [3.05, 3.63) is 5.82 Å². The van der Waals surface area contributed by atoms with Crippen molar-refractivity contribution in [1.29, 1.82) is 0 Å². The molecule has 1 heterocycles. The highest BCUT2D eigenvalue weighted by molar-refractivity contribution is 5.84. The number of nitrogens with zero attached hydrogens (tertiary/aromatic N) is 4. The molecule has 72 valence electrons. The number of hydrogen-bond acceptors (Lipinski definition) is 6. The van der Waals surface area contributed by atoms with Crippen molar-refractivity contribution in [2.75, 3.05) is 13.7 Å². The van der Waals surface area contributed by atoms with Crippen molar-refractivity contribution in [1.82, 2.24) is 20.2 Å². The molecule has 13 heavy (non-hydrogen) atoms. The van der Waals surface area contributed by atoms with Gasteiger partial charge < -0.3 is 9.47 Å². The molecule has 1 rings (SSSR count). The van der Waals surface area contributed by atoms with E-state index in [1.165, 1.54) is 7.11 Å². The Morgan fingerprint density at radius 2 is 2.38 bits per heavy atom. The predicted molar refractivity (Wildman–Crippen MR) is 40.8 cm³/mol. The number of rotatable bonds is 4. The number of aromatic nitrogens is 4. The van der Waals surface area contributed by atoms with Crippen LogP contribution in [-0.2, 0) is 16.2 Å². The lowest BCUT2D eigenvalue weighted by Crippen LogP contribution is -2.08. The molecule has 0 radical (unpaired) electrons. The zero-order valence-electron chi connectivity index (χ0n) is 7.43. The molecule has 0 saturated carbocycles. The fourth-order valence-electron chi connectivity index (χ4n) is 0.691. The van der Waals surface area contributed by atoms with Gasteiger partial charge in [0, 0.05) is 7.11 Å². The summed E-state index contributed by atoms with van der Waals surface area (Å²) in [6.07, 6.45) is 0. The summed E-state index contributed by atoms with van der Waals surface area (Å²) in [5, 5.41) is 10.8. The number of esters is 1. The van der Waals surface area contributed by atoms with Crippen LogP contribution in [0.5, 0.6) is 0 Å². The summed E-state index contributed by atoms with van der Waals surface area (Å²) in [4.78, 5) is 12.2. The van der Waals surface area contributed by atoms with Gasteiger partial charge in [0.2, 0.25) is 0 Å². The maximum atomic E-state index is 11.0. The van der Waals surface area contributed by atoms with E-state index in [9.17, 15) is 4.79 Å². The summed E-state index contributed by atoms with van der Waals surface area (Å²) in [5.74, 6) is -0.635. The third-order valence-electron chi connectivity index (χ3n) is 1.16. The molecule has 0 spiro atoms. The number of tetrazole rings is 1. The van der Waals surface area contributed by atoms with Gasteiger partial charge in [-0.2, -0.15) is 0 Å². The molecule has 0 aromatic carbocycles. The van der Waals surface area contributed by atoms with Crippen molar-refractivity contribution >= 4 is 5.97 Å². The zero-order chi connectivity index (χ0) is 9.68. The molecule has 7 nitrogen and oxygen atoms in total. The van der Waals surface area contributed by atoms with Crippen LogP contribution in [0.1, 0.15) is 17.5 Å². The van der Waals surface area contributed by atoms with Gasteiger partial charge in [-0.05, 0) is 12.1 Å². The molecule has 0 aliphatic heterocycles. The molecule has 0 fully saturated rings. The van der Waals surface area contributed by atoms with Crippen LogP contribution in [0.15, 0.2) is 0 Å². The van der Waals surface area contributed by atoms with Gasteiger partial charge in [-0.15, -0.1) is 15.0 Å². The van der Waals surface area contributed by atoms with E-state index in [-0.39, 0.29) is 19.2 Å². The summed E-state index contributed by atoms with van der Waals surface area (Å²) in [5.41, 5.74) is 0. The topological polar surface area (TPSA) is 79.1 Å². The summed E-state index contributed by atoms with van der Waals surface area (Å²) >= 11 is 0. The molecule has 0 saturated heterocycles. The maximum Gasteiger partial charge on any atom is 0.380 e. The third kappa shape index (κ3) is 2.48. The van der Waals surface area contributed by atoms with Crippen LogP contribution < -0.4 is 0 Å². The van der Waals surface area contributed by atoms with E-state index in [1.807, 2.05) is 0 Å². The van der Waals surface area contributed by atoms with Crippen LogP contribution in [0.4, 0.5) is 0 Å². The van der Waals surface area contributed by atoms with Crippen molar-refractivity contribution in [2.24, 2.45) is 0 Å². The smallest absolute Gasteiger partial charge is 0.380 e. The molecule has 1 aromatic rings. The standard InChI is InChI=1S/C6H10N4O3/c1-3-13-6(11)5-7-9-10(8-5)4-12-2/h3-4H2,1-2H3. The van der Waals surface area contributed by atoms with Crippen molar-refractivity contribution in [2.45, 2.75) is 13.7 Å². The molecule has 0 amide bonds. The minimum atomic E-state index is -0.579. The number of ether oxygens (including phenoxy) is 2. The van der Waals surface area contributed by atoms with Crippen molar-refractivity contribution < 1.29 is 14.3 Å². The maximum absolute atomic E-state index is 11.0. The highest BCUT2D eigenvalue weighted by atomic mass is 16.5. The first-order valence-electron chi connectivity index (χ1n) is 3.71. The lowest BCUT2D eigenvalue weighted by atomic mass is 10.6. The second kappa shape index (κ2) is 4.51. The molecule has 0 N–H and O–H groups in total. The van der Waals surface area contributed by atoms with Crippen LogP contribution in [0.25, 0.3) is 0 Å². The second-order valence-corrected chi connectivity index (χ2v) is 2.12. The third-order valence-corrected chi connectivity index (χ3v) is 1.16. The van der Waals surface area contributed by atoms with E-state index in [0.717, 1.165) is 4.80 Å². The quantitative estimate of drug-likeness (QED) is 0.587. The largest absolute Gasteiger partial charge is 0.460 e. The van der Waals surface area contributed by atoms with Gasteiger partial charge in [0.25, 0.3) is 5.82 Å². The van der Waals surface area contributed by atoms with Crippen molar-refractivity contribution in [3.63, 3.8) is 0 Å². The first-order chi connectivity index (χ1) is 6.27. The van der Waals surface area contributed by atoms with Gasteiger partial charge in [-0.3, -0.25) is 0 Å². The van der Waals surface area contributed by atoms with Gasteiger partial charge in [0.1, 0.15) is 0 Å².